The smallest absolute Gasteiger partial charge is 0.354 e. The van der Waals surface area contributed by atoms with Gasteiger partial charge in [0.25, 0.3) is 11.8 Å². The van der Waals surface area contributed by atoms with Gasteiger partial charge in [0.05, 0.1) is 33.8 Å². The molecule has 8 rings (SSSR count). The average Bonchev–Trinajstić information content (AvgIpc) is 0.667. The van der Waals surface area contributed by atoms with Crippen LogP contribution in [0.15, 0.2) is 72.8 Å². The molecule has 0 bridgehead atoms. The highest BCUT2D eigenvalue weighted by Crippen LogP contribution is 2.43. The van der Waals surface area contributed by atoms with Crippen LogP contribution in [0.4, 0.5) is 0 Å². The van der Waals surface area contributed by atoms with Gasteiger partial charge < -0.3 is 44.5 Å². The number of rotatable bonds is 17. The van der Waals surface area contributed by atoms with Crippen LogP contribution in [-0.4, -0.2) is 104 Å². The van der Waals surface area contributed by atoms with Crippen molar-refractivity contribution >= 4 is 70.5 Å². The molecule has 6 aromatic rings. The standard InChI is InChI=1S/C27H35ClN2O4.C26H33ClN2O4.C21H24ClNO5/c1-16-21(18-12-14-19(28)15-13-18)22(24(26(32)33-6)34-27(3,4)5)17(2)29-23(16)25(31)30-20-10-8-7-9-11-20;1-15-20(17-11-13-18(27)14-12-17)21(23(25(31)32)33-26(3,4)5)16(2)28-22(15)24(30)29-19-9-7-6-8-10-19;1-11-15(13-7-9-14(22)10-8-13)16(12(2)23-17(11)19(24)25)18(20(26)27-6)28-21(3,4)5/h12-15,20,24H,7-11H2,1-6H3,(H,30,31);11-14,19,23H,6-10H2,1-5H3,(H,29,30)(H,31,32);7-10,18H,1-6H3,(H,24,25)/t24-;23-;18-/m000/s1/i7D2,8D2,9D2,10D2,11D2,20D;6D2,7D2,8D2,9D2,10D2,19D;. The fourth-order valence-electron chi connectivity index (χ4n) is 9.95. The molecule has 3 aromatic heterocycles. The van der Waals surface area contributed by atoms with E-state index < -0.39 is 158 Å². The van der Waals surface area contributed by atoms with Crippen molar-refractivity contribution in [3.05, 3.63) is 155 Å². The van der Waals surface area contributed by atoms with Crippen LogP contribution in [0.3, 0.4) is 0 Å². The van der Waals surface area contributed by atoms with Crippen LogP contribution in [-0.2, 0) is 38.1 Å². The van der Waals surface area contributed by atoms with Crippen molar-refractivity contribution in [2.24, 2.45) is 0 Å². The number of aryl methyl sites for hydroxylation is 3. The molecule has 2 saturated carbocycles. The van der Waals surface area contributed by atoms with Gasteiger partial charge in [0.1, 0.15) is 11.4 Å². The summed E-state index contributed by atoms with van der Waals surface area (Å²) in [5.41, 5.74) is 0.587. The molecule has 0 saturated heterocycles. The second-order valence-electron chi connectivity index (χ2n) is 24.3. The van der Waals surface area contributed by atoms with Gasteiger partial charge in [-0.05, 0) is 216 Å². The number of carbonyl (C=O) groups is 6. The molecule has 21 heteroatoms. The van der Waals surface area contributed by atoms with Crippen LogP contribution >= 0.6 is 34.8 Å². The number of nitrogens with one attached hydrogen (secondary N) is 2. The number of methoxy groups -OCH3 is 2. The first-order valence-corrected chi connectivity index (χ1v) is 30.5. The molecule has 512 valence electrons. The normalized spacial score (nSPS) is 24.2. The summed E-state index contributed by atoms with van der Waals surface area (Å²) >= 11 is 18.2. The minimum Gasteiger partial charge on any atom is -0.479 e. The minimum absolute atomic E-state index is 0.00364. The molecule has 3 atom stereocenters. The molecular formula is C74H92Cl3N5O13. The molecule has 2 amide bonds. The Morgan fingerprint density at radius 1 is 0.463 bits per heavy atom. The van der Waals surface area contributed by atoms with E-state index in [1.54, 1.807) is 121 Å². The lowest BCUT2D eigenvalue weighted by Crippen LogP contribution is -2.37. The quantitative estimate of drug-likeness (QED) is 0.0620. The Labute approximate surface area is 604 Å². The Kier molecular flexibility index (Phi) is 17.4. The van der Waals surface area contributed by atoms with Crippen molar-refractivity contribution in [1.82, 2.24) is 25.6 Å². The van der Waals surface area contributed by atoms with Crippen LogP contribution in [0, 0.1) is 41.5 Å². The van der Waals surface area contributed by atoms with Gasteiger partial charge in [-0.15, -0.1) is 0 Å². The maximum absolute atomic E-state index is 13.9. The predicted molar refractivity (Wildman–Crippen MR) is 371 cm³/mol. The van der Waals surface area contributed by atoms with E-state index in [1.165, 1.54) is 54.0 Å². The fraction of sp³-hybridized carbons (Fsp3) is 0.473. The van der Waals surface area contributed by atoms with Crippen LogP contribution in [0.2, 0.25) is 15.1 Å². The van der Waals surface area contributed by atoms with Crippen LogP contribution in [0.25, 0.3) is 33.4 Å². The number of carboxylic acid groups (broad SMARTS) is 2. The summed E-state index contributed by atoms with van der Waals surface area (Å²) < 4.78 is 210. The van der Waals surface area contributed by atoms with Gasteiger partial charge in [-0.3, -0.25) is 9.59 Å². The third kappa shape index (κ3) is 20.6. The molecule has 0 radical (unpaired) electrons. The summed E-state index contributed by atoms with van der Waals surface area (Å²) in [4.78, 5) is 90.3. The number of halogens is 3. The predicted octanol–water partition coefficient (Wildman–Crippen LogP) is 16.9. The van der Waals surface area contributed by atoms with E-state index in [0.29, 0.717) is 54.1 Å². The third-order valence-electron chi connectivity index (χ3n) is 13.8. The molecule has 95 heavy (non-hydrogen) atoms. The third-order valence-corrected chi connectivity index (χ3v) is 14.5. The number of amides is 2. The SMILES string of the molecule is COC(=O)[C@@H](OC(C)(C)C)c1c(C)nc(C(=O)O)c(C)c1-c1ccc(Cl)cc1.[2H]C1([2H])C([2H])([2H])C([2H])([2H])C([2H])(NC(=O)c2nc(C)c([C@H](OC(C)(C)C)C(=O)O)c(-c3ccc(Cl)cc3)c2C)C([2H])([2H])C1([2H])[2H].[2H]C1([2H])C([2H])([2H])C([2H])([2H])C([2H])(NC(=O)c2nc(C)c([C@H](OC(C)(C)C)C(=O)OC)c(-c3ccc(Cl)cc3)c2C)C([2H])([2H])C1([2H])[2H]. The van der Waals surface area contributed by atoms with E-state index in [1.807, 2.05) is 26.1 Å². The van der Waals surface area contributed by atoms with E-state index in [4.69, 9.17) is 88.6 Å². The van der Waals surface area contributed by atoms with Crippen molar-refractivity contribution < 1.29 is 92.8 Å². The Morgan fingerprint density at radius 2 is 0.726 bits per heavy atom. The summed E-state index contributed by atoms with van der Waals surface area (Å²) in [6.45, 7) is 24.5. The lowest BCUT2D eigenvalue weighted by atomic mass is 9.89. The Bertz CT molecular complexity index is 4790. The molecule has 0 spiro atoms. The molecular weight excluding hydrogens is 1270 g/mol. The van der Waals surface area contributed by atoms with E-state index in [0.717, 1.165) is 0 Å². The second-order valence-corrected chi connectivity index (χ2v) is 25.6. The molecule has 2 aliphatic rings. The van der Waals surface area contributed by atoms with Gasteiger partial charge >= 0.3 is 23.9 Å². The number of pyridine rings is 3. The largest absolute Gasteiger partial charge is 0.479 e. The van der Waals surface area contributed by atoms with Crippen molar-refractivity contribution in [3.8, 4) is 33.4 Å². The van der Waals surface area contributed by atoms with Crippen LogP contribution in [0.1, 0.15) is 256 Å². The summed E-state index contributed by atoms with van der Waals surface area (Å²) in [6.07, 6.45) is -42.0. The lowest BCUT2D eigenvalue weighted by molar-refractivity contribution is -0.164. The fourth-order valence-corrected chi connectivity index (χ4v) is 10.3. The van der Waals surface area contributed by atoms with Crippen LogP contribution in [0.5, 0.6) is 0 Å². The summed E-state index contributed by atoms with van der Waals surface area (Å²) in [5.74, 6) is -6.67. The zero-order chi connectivity index (χ0) is 90.4. The average molecular weight is 1390 g/mol. The van der Waals surface area contributed by atoms with E-state index in [2.05, 4.69) is 15.0 Å². The van der Waals surface area contributed by atoms with Gasteiger partial charge in [0, 0.05) is 88.3 Å². The number of carbonyl (C=O) groups excluding carboxylic acids is 4. The van der Waals surface area contributed by atoms with Crippen molar-refractivity contribution in [1.29, 1.82) is 0 Å². The minimum atomic E-state index is -3.83. The molecule has 3 aromatic carbocycles. The van der Waals surface area contributed by atoms with Gasteiger partial charge in [-0.1, -0.05) is 109 Å². The first kappa shape index (κ1) is 50.1. The summed E-state index contributed by atoms with van der Waals surface area (Å²) in [5, 5.41) is 24.6. The first-order valence-electron chi connectivity index (χ1n) is 40.3. The molecule has 3 heterocycles. The maximum Gasteiger partial charge on any atom is 0.354 e. The number of aromatic nitrogens is 3. The molecule has 4 N–H and O–H groups in total. The van der Waals surface area contributed by atoms with Crippen molar-refractivity contribution in [2.45, 2.75) is 215 Å². The highest BCUT2D eigenvalue weighted by atomic mass is 35.5. The van der Waals surface area contributed by atoms with E-state index in [-0.39, 0.29) is 50.5 Å². The number of carboxylic acids is 2. The molecule has 0 unspecified atom stereocenters. The van der Waals surface area contributed by atoms with Gasteiger partial charge in [-0.2, -0.15) is 0 Å². The molecule has 0 aliphatic heterocycles. The highest BCUT2D eigenvalue weighted by molar-refractivity contribution is 6.31. The lowest BCUT2D eigenvalue weighted by Gasteiger charge is -2.29. The maximum atomic E-state index is 13.9. The Hall–Kier alpha value is -7.32. The highest BCUT2D eigenvalue weighted by Gasteiger charge is 2.38. The molecule has 18 nitrogen and oxygen atoms in total. The number of aromatic carboxylic acids is 1. The number of benzene rings is 3. The van der Waals surface area contributed by atoms with E-state index in [9.17, 15) is 39.0 Å². The first-order chi connectivity index (χ1) is 52.7. The van der Waals surface area contributed by atoms with Gasteiger partial charge in [0.15, 0.2) is 24.0 Å². The van der Waals surface area contributed by atoms with Gasteiger partial charge in [0.2, 0.25) is 0 Å². The zero-order valence-corrected chi connectivity index (χ0v) is 57.8. The monoisotopic (exact) mass is 1390 g/mol. The number of hydrogen-bond acceptors (Lipinski definition) is 14. The number of esters is 2. The van der Waals surface area contributed by atoms with E-state index >= 15 is 0 Å². The second kappa shape index (κ2) is 33.1. The molecule has 2 aliphatic carbocycles. The van der Waals surface area contributed by atoms with Crippen molar-refractivity contribution in [3.63, 3.8) is 0 Å². The Morgan fingerprint density at radius 3 is 0.989 bits per heavy atom. The Balaban J connectivity index is 0.000000280. The van der Waals surface area contributed by atoms with Crippen LogP contribution < -0.4 is 10.6 Å². The summed E-state index contributed by atoms with van der Waals surface area (Å²) in [6, 6.07) is 11.9. The topological polar surface area (TPSA) is 252 Å². The summed E-state index contributed by atoms with van der Waals surface area (Å²) in [7, 11) is 2.45. The number of hydrogen-bond donors (Lipinski definition) is 4. The van der Waals surface area contributed by atoms with Gasteiger partial charge in [-0.25, -0.2) is 34.1 Å². The number of aliphatic carboxylic acids is 1. The number of ether oxygens (including phenoxy) is 5. The number of nitrogens with zero attached hydrogens (tertiary/aromatic N) is 3. The van der Waals surface area contributed by atoms with Crippen molar-refractivity contribution in [2.75, 3.05) is 14.2 Å². The zero-order valence-electron chi connectivity index (χ0n) is 77.5. The molecule has 2 fully saturated rings.